The number of hydrogen-bond acceptors (Lipinski definition) is 1. The molecule has 0 fully saturated rings. The molecular weight excluding hydrogens is 397 g/mol. The molecule has 0 saturated carbocycles. The van der Waals surface area contributed by atoms with Gasteiger partial charge in [0.05, 0.1) is 32.9 Å². The normalized spacial score (nSPS) is 12.2. The number of para-hydroxylation sites is 1. The van der Waals surface area contributed by atoms with Gasteiger partial charge in [0.2, 0.25) is 5.52 Å². The van der Waals surface area contributed by atoms with Gasteiger partial charge in [-0.2, -0.15) is 5.26 Å². The average molecular weight is 414 g/mol. The Morgan fingerprint density at radius 3 is 2.38 bits per heavy atom. The number of benzene rings is 4. The van der Waals surface area contributed by atoms with E-state index in [1.807, 2.05) is 61.8 Å². The third kappa shape index (κ3) is 1.84. The van der Waals surface area contributed by atoms with E-state index in [0.717, 1.165) is 59.9 Å². The lowest BCUT2D eigenvalue weighted by atomic mass is 9.92. The molecular formula is C28H17FN3+. The molecule has 0 aliphatic heterocycles. The van der Waals surface area contributed by atoms with Crippen LogP contribution in [0.1, 0.15) is 11.1 Å². The van der Waals surface area contributed by atoms with Crippen LogP contribution in [-0.4, -0.2) is 4.40 Å². The smallest absolute Gasteiger partial charge is 0.224 e. The minimum atomic E-state index is -0.235. The third-order valence-corrected chi connectivity index (χ3v) is 7.01. The molecule has 0 unspecified atom stereocenters. The molecule has 4 heteroatoms. The van der Waals surface area contributed by atoms with Crippen molar-refractivity contribution in [2.45, 2.75) is 6.92 Å². The van der Waals surface area contributed by atoms with Gasteiger partial charge < -0.3 is 4.40 Å². The van der Waals surface area contributed by atoms with Crippen LogP contribution in [0, 0.1) is 24.1 Å². The van der Waals surface area contributed by atoms with Gasteiger partial charge >= 0.3 is 0 Å². The van der Waals surface area contributed by atoms with Gasteiger partial charge in [0.25, 0.3) is 0 Å². The van der Waals surface area contributed by atoms with Crippen molar-refractivity contribution in [3.8, 4) is 6.07 Å². The molecule has 0 atom stereocenters. The molecule has 7 rings (SSSR count). The van der Waals surface area contributed by atoms with Gasteiger partial charge in [0.15, 0.2) is 6.20 Å². The van der Waals surface area contributed by atoms with Crippen molar-refractivity contribution >= 4 is 59.8 Å². The van der Waals surface area contributed by atoms with Gasteiger partial charge in [0, 0.05) is 22.2 Å². The summed E-state index contributed by atoms with van der Waals surface area (Å²) in [5, 5.41) is 16.8. The first-order valence-corrected chi connectivity index (χ1v) is 10.6. The summed E-state index contributed by atoms with van der Waals surface area (Å²) in [6, 6.07) is 22.1. The van der Waals surface area contributed by atoms with Crippen molar-refractivity contribution in [3.05, 3.63) is 83.8 Å². The van der Waals surface area contributed by atoms with Crippen LogP contribution in [0.4, 0.5) is 4.39 Å². The monoisotopic (exact) mass is 414 g/mol. The number of aryl methyl sites for hydroxylation is 2. The van der Waals surface area contributed by atoms with E-state index in [0.29, 0.717) is 10.9 Å². The zero-order valence-electron chi connectivity index (χ0n) is 17.6. The van der Waals surface area contributed by atoms with Crippen LogP contribution in [-0.2, 0) is 7.05 Å². The predicted molar refractivity (Wildman–Crippen MR) is 127 cm³/mol. The number of halogens is 1. The molecule has 0 spiro atoms. The fourth-order valence-electron chi connectivity index (χ4n) is 5.71. The second kappa shape index (κ2) is 5.72. The Kier molecular flexibility index (Phi) is 3.12. The minimum absolute atomic E-state index is 0.235. The first kappa shape index (κ1) is 17.5. The number of nitriles is 1. The maximum Gasteiger partial charge on any atom is 0.224 e. The molecule has 0 N–H and O–H groups in total. The molecule has 4 aromatic carbocycles. The van der Waals surface area contributed by atoms with E-state index in [1.165, 1.54) is 0 Å². The number of fused-ring (bicyclic) bond motifs is 7. The van der Waals surface area contributed by atoms with Crippen LogP contribution in [0.25, 0.3) is 59.8 Å². The van der Waals surface area contributed by atoms with Gasteiger partial charge in [-0.05, 0) is 35.4 Å². The SMILES string of the molecule is Cc1c2ccccc2c(C#N)c2c1c1c3c(cc[n+]1C)cc(F)c1c4ccccc4n2c13. The number of nitrogens with zero attached hydrogens (tertiary/aromatic N) is 3. The molecule has 32 heavy (non-hydrogen) atoms. The topological polar surface area (TPSA) is 32.1 Å². The Balaban J connectivity index is 2.04. The first-order chi connectivity index (χ1) is 15.6. The van der Waals surface area contributed by atoms with E-state index in [4.69, 9.17) is 0 Å². The number of rotatable bonds is 0. The maximum absolute atomic E-state index is 15.5. The lowest BCUT2D eigenvalue weighted by Gasteiger charge is -2.16. The van der Waals surface area contributed by atoms with Crippen LogP contribution in [0.3, 0.4) is 0 Å². The minimum Gasteiger partial charge on any atom is -0.306 e. The van der Waals surface area contributed by atoms with Crippen molar-refractivity contribution in [2.24, 2.45) is 7.05 Å². The largest absolute Gasteiger partial charge is 0.306 e. The van der Waals surface area contributed by atoms with Gasteiger partial charge in [-0.1, -0.05) is 42.5 Å². The molecule has 7 aromatic rings. The molecule has 0 aliphatic carbocycles. The van der Waals surface area contributed by atoms with Crippen molar-refractivity contribution in [2.75, 3.05) is 0 Å². The van der Waals surface area contributed by atoms with Crippen LogP contribution < -0.4 is 4.57 Å². The summed E-state index contributed by atoms with van der Waals surface area (Å²) < 4.78 is 19.7. The highest BCUT2D eigenvalue weighted by Gasteiger charge is 2.28. The summed E-state index contributed by atoms with van der Waals surface area (Å²) in [4.78, 5) is 0. The Labute approximate surface area is 182 Å². The highest BCUT2D eigenvalue weighted by molar-refractivity contribution is 6.29. The van der Waals surface area contributed by atoms with Gasteiger partial charge in [-0.15, -0.1) is 0 Å². The number of aromatic nitrogens is 2. The van der Waals surface area contributed by atoms with E-state index >= 15 is 4.39 Å². The van der Waals surface area contributed by atoms with Gasteiger partial charge in [-0.25, -0.2) is 8.96 Å². The van der Waals surface area contributed by atoms with Gasteiger partial charge in [-0.3, -0.25) is 0 Å². The molecule has 0 aliphatic rings. The van der Waals surface area contributed by atoms with E-state index < -0.39 is 0 Å². The predicted octanol–water partition coefficient (Wildman–Crippen LogP) is 6.29. The van der Waals surface area contributed by atoms with E-state index in [1.54, 1.807) is 6.07 Å². The zero-order chi connectivity index (χ0) is 21.7. The average Bonchev–Trinajstić information content (AvgIpc) is 3.16. The molecule has 0 radical (unpaired) electrons. The van der Waals surface area contributed by atoms with Gasteiger partial charge in [0.1, 0.15) is 18.9 Å². The van der Waals surface area contributed by atoms with E-state index in [9.17, 15) is 5.26 Å². The fourth-order valence-corrected chi connectivity index (χ4v) is 5.71. The van der Waals surface area contributed by atoms with Crippen LogP contribution in [0.15, 0.2) is 66.9 Å². The summed E-state index contributed by atoms with van der Waals surface area (Å²) >= 11 is 0. The highest BCUT2D eigenvalue weighted by atomic mass is 19.1. The van der Waals surface area contributed by atoms with Crippen LogP contribution >= 0.6 is 0 Å². The Morgan fingerprint density at radius 1 is 0.875 bits per heavy atom. The third-order valence-electron chi connectivity index (χ3n) is 7.01. The Hall–Kier alpha value is -4.23. The molecule has 0 saturated heterocycles. The molecule has 150 valence electrons. The molecule has 0 amide bonds. The lowest BCUT2D eigenvalue weighted by molar-refractivity contribution is -0.643. The zero-order valence-corrected chi connectivity index (χ0v) is 17.6. The second-order valence-corrected chi connectivity index (χ2v) is 8.56. The summed E-state index contributed by atoms with van der Waals surface area (Å²) in [5.41, 5.74) is 5.37. The summed E-state index contributed by atoms with van der Waals surface area (Å²) in [5.74, 6) is -0.235. The second-order valence-electron chi connectivity index (χ2n) is 8.56. The van der Waals surface area contributed by atoms with Crippen molar-refractivity contribution < 1.29 is 8.96 Å². The fraction of sp³-hybridized carbons (Fsp3) is 0.0714. The molecule has 3 heterocycles. The summed E-state index contributed by atoms with van der Waals surface area (Å²) in [6.07, 6.45) is 1.98. The lowest BCUT2D eigenvalue weighted by Crippen LogP contribution is -2.29. The summed E-state index contributed by atoms with van der Waals surface area (Å²) in [6.45, 7) is 2.12. The number of pyridine rings is 2. The number of hydrogen-bond donors (Lipinski definition) is 0. The molecule has 3 nitrogen and oxygen atoms in total. The van der Waals surface area contributed by atoms with Crippen molar-refractivity contribution in [3.63, 3.8) is 0 Å². The maximum atomic E-state index is 15.5. The molecule has 0 bridgehead atoms. The highest BCUT2D eigenvalue weighted by Crippen LogP contribution is 2.44. The Morgan fingerprint density at radius 2 is 1.59 bits per heavy atom. The molecule has 3 aromatic heterocycles. The Bertz CT molecular complexity index is 1970. The standard InChI is InChI=1S/C28H17FN3/c1-15-17-7-3-4-8-18(17)20(14-30)26-23(15)27-24-16(11-12-31(27)2)13-21(29)25-19-9-5-6-10-22(19)32(26)28(24)25/h3-13H,1-2H3/q+1. The first-order valence-electron chi connectivity index (χ1n) is 10.6. The summed E-state index contributed by atoms with van der Waals surface area (Å²) in [7, 11) is 2.02. The van der Waals surface area contributed by atoms with Crippen molar-refractivity contribution in [1.29, 1.82) is 5.26 Å². The van der Waals surface area contributed by atoms with Crippen LogP contribution in [0.5, 0.6) is 0 Å². The quantitative estimate of drug-likeness (QED) is 0.163. The van der Waals surface area contributed by atoms with E-state index in [2.05, 4.69) is 28.0 Å². The van der Waals surface area contributed by atoms with E-state index in [-0.39, 0.29) is 5.82 Å². The van der Waals surface area contributed by atoms with Crippen LogP contribution in [0.2, 0.25) is 0 Å². The van der Waals surface area contributed by atoms with Crippen molar-refractivity contribution in [1.82, 2.24) is 4.40 Å².